The third-order valence-corrected chi connectivity index (χ3v) is 10.8. The van der Waals surface area contributed by atoms with Crippen LogP contribution < -0.4 is 10.4 Å². The molecular formula is C22H29ClO3Si. The summed E-state index contributed by atoms with van der Waals surface area (Å²) >= 11 is 6.52. The maximum atomic E-state index is 6.89. The number of halogens is 1. The molecule has 0 spiro atoms. The molecule has 0 aromatic heterocycles. The number of hydrogen-bond acceptors (Lipinski definition) is 3. The van der Waals surface area contributed by atoms with Gasteiger partial charge in [-0.3, -0.25) is 0 Å². The Kier molecular flexibility index (Phi) is 6.44. The van der Waals surface area contributed by atoms with E-state index in [4.69, 9.17) is 25.5 Å². The van der Waals surface area contributed by atoms with Crippen molar-refractivity contribution in [3.05, 3.63) is 60.7 Å². The highest BCUT2D eigenvalue weighted by Crippen LogP contribution is 2.37. The van der Waals surface area contributed by atoms with Crippen LogP contribution in [-0.2, 0) is 13.9 Å². The Morgan fingerprint density at radius 1 is 1.00 bits per heavy atom. The zero-order valence-corrected chi connectivity index (χ0v) is 18.3. The van der Waals surface area contributed by atoms with Gasteiger partial charge in [-0.15, -0.1) is 11.6 Å². The van der Waals surface area contributed by atoms with E-state index in [2.05, 4.69) is 69.3 Å². The Labute approximate surface area is 168 Å². The second-order valence-electron chi connectivity index (χ2n) is 8.07. The highest BCUT2D eigenvalue weighted by atomic mass is 35.5. The molecule has 1 saturated heterocycles. The minimum Gasteiger partial charge on any atom is -0.405 e. The molecule has 5 heteroatoms. The van der Waals surface area contributed by atoms with Gasteiger partial charge in [0.1, 0.15) is 0 Å². The number of methoxy groups -OCH3 is 1. The summed E-state index contributed by atoms with van der Waals surface area (Å²) in [4.78, 5) is 0. The predicted octanol–water partition coefficient (Wildman–Crippen LogP) is 3.93. The standard InChI is InChI=1S/C22H29ClO3Si/c1-22(2,3)27(17-11-7-5-8-12-17,18-13-9-6-10-14-18)25-16-20-19(23)15-21(24-4)26-20/h5-14,19-21H,15-16H2,1-4H3/t19-,20-,21+/m1/s1. The average molecular weight is 405 g/mol. The molecule has 0 saturated carbocycles. The molecule has 2 aromatic rings. The lowest BCUT2D eigenvalue weighted by Gasteiger charge is -2.43. The minimum atomic E-state index is -2.56. The van der Waals surface area contributed by atoms with Gasteiger partial charge in [0, 0.05) is 13.5 Å². The largest absolute Gasteiger partial charge is 0.405 e. The molecule has 0 radical (unpaired) electrons. The quantitative estimate of drug-likeness (QED) is 0.539. The van der Waals surface area contributed by atoms with Crippen molar-refractivity contribution in [2.45, 2.75) is 50.0 Å². The van der Waals surface area contributed by atoms with Crippen LogP contribution in [0.25, 0.3) is 0 Å². The van der Waals surface area contributed by atoms with Gasteiger partial charge in [-0.05, 0) is 15.4 Å². The summed E-state index contributed by atoms with van der Waals surface area (Å²) < 4.78 is 18.2. The third-order valence-electron chi connectivity index (χ3n) is 5.29. The summed E-state index contributed by atoms with van der Waals surface area (Å²) in [6, 6.07) is 21.2. The predicted molar refractivity (Wildman–Crippen MR) is 114 cm³/mol. The van der Waals surface area contributed by atoms with Crippen molar-refractivity contribution in [1.29, 1.82) is 0 Å². The van der Waals surface area contributed by atoms with E-state index < -0.39 is 8.32 Å². The monoisotopic (exact) mass is 404 g/mol. The SMILES string of the molecule is CO[C@@H]1C[C@@H](Cl)[C@@H](CO[Si](c2ccccc2)(c2ccccc2)C(C)(C)C)O1. The molecule has 2 aromatic carbocycles. The molecule has 0 aliphatic carbocycles. The Morgan fingerprint density at radius 3 is 1.93 bits per heavy atom. The van der Waals surface area contributed by atoms with E-state index in [1.165, 1.54) is 10.4 Å². The van der Waals surface area contributed by atoms with E-state index in [0.29, 0.717) is 13.0 Å². The Morgan fingerprint density at radius 2 is 1.52 bits per heavy atom. The van der Waals surface area contributed by atoms with Gasteiger partial charge in [0.25, 0.3) is 8.32 Å². The third kappa shape index (κ3) is 4.15. The molecule has 1 aliphatic heterocycles. The second kappa shape index (κ2) is 8.46. The highest BCUT2D eigenvalue weighted by Gasteiger charge is 2.51. The molecule has 1 heterocycles. The number of hydrogen-bond donors (Lipinski definition) is 0. The first-order valence-electron chi connectivity index (χ1n) is 9.46. The first-order valence-corrected chi connectivity index (χ1v) is 11.8. The van der Waals surface area contributed by atoms with Gasteiger partial charge in [0.15, 0.2) is 6.29 Å². The van der Waals surface area contributed by atoms with Crippen LogP contribution >= 0.6 is 11.6 Å². The van der Waals surface area contributed by atoms with Gasteiger partial charge in [-0.25, -0.2) is 0 Å². The lowest BCUT2D eigenvalue weighted by Crippen LogP contribution is -2.67. The lowest BCUT2D eigenvalue weighted by atomic mass is 10.2. The molecule has 0 unspecified atom stereocenters. The summed E-state index contributed by atoms with van der Waals surface area (Å²) in [6.45, 7) is 7.27. The van der Waals surface area contributed by atoms with E-state index in [1.807, 2.05) is 12.1 Å². The molecule has 1 aliphatic rings. The molecule has 1 fully saturated rings. The van der Waals surface area contributed by atoms with Gasteiger partial charge in [0.2, 0.25) is 0 Å². The number of rotatable bonds is 6. The second-order valence-corrected chi connectivity index (χ2v) is 12.9. The van der Waals surface area contributed by atoms with Crippen molar-refractivity contribution < 1.29 is 13.9 Å². The van der Waals surface area contributed by atoms with Crippen LogP contribution in [0.1, 0.15) is 27.2 Å². The van der Waals surface area contributed by atoms with E-state index in [0.717, 1.165) is 0 Å². The van der Waals surface area contributed by atoms with E-state index in [-0.39, 0.29) is 22.8 Å². The topological polar surface area (TPSA) is 27.7 Å². The molecule has 0 bridgehead atoms. The van der Waals surface area contributed by atoms with Crippen LogP contribution in [0.5, 0.6) is 0 Å². The summed E-state index contributed by atoms with van der Waals surface area (Å²) in [5.41, 5.74) is 0. The van der Waals surface area contributed by atoms with Crippen molar-refractivity contribution >= 4 is 30.3 Å². The van der Waals surface area contributed by atoms with Crippen LogP contribution in [0.15, 0.2) is 60.7 Å². The molecule has 27 heavy (non-hydrogen) atoms. The molecule has 3 atom stereocenters. The van der Waals surface area contributed by atoms with Crippen LogP contribution in [0, 0.1) is 0 Å². The van der Waals surface area contributed by atoms with Crippen molar-refractivity contribution in [3.63, 3.8) is 0 Å². The first kappa shape index (κ1) is 20.6. The normalized spacial score (nSPS) is 23.5. The fourth-order valence-corrected chi connectivity index (χ4v) is 8.78. The van der Waals surface area contributed by atoms with E-state index >= 15 is 0 Å². The number of ether oxygens (including phenoxy) is 2. The van der Waals surface area contributed by atoms with Crippen molar-refractivity contribution in [2.75, 3.05) is 13.7 Å². The van der Waals surface area contributed by atoms with Crippen LogP contribution in [-0.4, -0.2) is 39.8 Å². The first-order chi connectivity index (χ1) is 12.9. The Balaban J connectivity index is 2.00. The molecule has 3 nitrogen and oxygen atoms in total. The van der Waals surface area contributed by atoms with Crippen LogP contribution in [0.2, 0.25) is 5.04 Å². The maximum absolute atomic E-state index is 6.89. The zero-order valence-electron chi connectivity index (χ0n) is 16.5. The van der Waals surface area contributed by atoms with E-state index in [1.54, 1.807) is 7.11 Å². The maximum Gasteiger partial charge on any atom is 0.261 e. The fraction of sp³-hybridized carbons (Fsp3) is 0.455. The van der Waals surface area contributed by atoms with Gasteiger partial charge in [-0.2, -0.15) is 0 Å². The molecular weight excluding hydrogens is 376 g/mol. The Bertz CT molecular complexity index is 678. The van der Waals surface area contributed by atoms with Crippen LogP contribution in [0.4, 0.5) is 0 Å². The Hall–Kier alpha value is -1.17. The fourth-order valence-electron chi connectivity index (χ4n) is 3.94. The van der Waals surface area contributed by atoms with Crippen molar-refractivity contribution in [3.8, 4) is 0 Å². The number of benzene rings is 2. The summed E-state index contributed by atoms with van der Waals surface area (Å²) in [6.07, 6.45) is 0.269. The molecule has 0 N–H and O–H groups in total. The van der Waals surface area contributed by atoms with Crippen LogP contribution in [0.3, 0.4) is 0 Å². The minimum absolute atomic E-state index is 0.0588. The van der Waals surface area contributed by atoms with Gasteiger partial charge < -0.3 is 13.9 Å². The zero-order chi connectivity index (χ0) is 19.5. The average Bonchev–Trinajstić information content (AvgIpc) is 3.03. The molecule has 0 amide bonds. The molecule has 146 valence electrons. The van der Waals surface area contributed by atoms with Crippen molar-refractivity contribution in [2.24, 2.45) is 0 Å². The van der Waals surface area contributed by atoms with Gasteiger partial charge in [-0.1, -0.05) is 81.4 Å². The van der Waals surface area contributed by atoms with Gasteiger partial charge in [0.05, 0.1) is 18.1 Å². The highest BCUT2D eigenvalue weighted by molar-refractivity contribution is 6.99. The summed E-state index contributed by atoms with van der Waals surface area (Å²) in [7, 11) is -0.906. The summed E-state index contributed by atoms with van der Waals surface area (Å²) in [5, 5.41) is 2.36. The van der Waals surface area contributed by atoms with Crippen molar-refractivity contribution in [1.82, 2.24) is 0 Å². The van der Waals surface area contributed by atoms with Gasteiger partial charge >= 0.3 is 0 Å². The summed E-state index contributed by atoms with van der Waals surface area (Å²) in [5.74, 6) is 0. The smallest absolute Gasteiger partial charge is 0.261 e. The lowest BCUT2D eigenvalue weighted by molar-refractivity contribution is -0.121. The van der Waals surface area contributed by atoms with E-state index in [9.17, 15) is 0 Å². The number of alkyl halides is 1. The molecule has 3 rings (SSSR count).